The van der Waals surface area contributed by atoms with Gasteiger partial charge in [-0.25, -0.2) is 9.97 Å². The van der Waals surface area contributed by atoms with E-state index in [1.807, 2.05) is 24.5 Å². The van der Waals surface area contributed by atoms with Crippen molar-refractivity contribution >= 4 is 28.9 Å². The Morgan fingerprint density at radius 3 is 2.95 bits per heavy atom. The van der Waals surface area contributed by atoms with E-state index in [0.717, 1.165) is 22.3 Å². The number of hydrogen-bond acceptors (Lipinski definition) is 4. The quantitative estimate of drug-likeness (QED) is 0.671. The number of aromatic nitrogens is 3. The van der Waals surface area contributed by atoms with Crippen molar-refractivity contribution in [3.63, 3.8) is 0 Å². The third-order valence-corrected chi connectivity index (χ3v) is 3.40. The number of nitrogens with zero attached hydrogens (tertiary/aromatic N) is 3. The summed E-state index contributed by atoms with van der Waals surface area (Å²) in [7, 11) is 0. The van der Waals surface area contributed by atoms with Crippen molar-refractivity contribution in [2.75, 3.05) is 5.75 Å². The number of thioether (sulfide) groups is 1. The summed E-state index contributed by atoms with van der Waals surface area (Å²) in [6.07, 6.45) is 1.78. The Morgan fingerprint density at radius 1 is 1.58 bits per heavy atom. The van der Waals surface area contributed by atoms with E-state index in [4.69, 9.17) is 5.11 Å². The molecule has 0 fully saturated rings. The molecule has 0 aliphatic rings. The molecule has 0 saturated carbocycles. The van der Waals surface area contributed by atoms with Crippen LogP contribution in [0.3, 0.4) is 0 Å². The van der Waals surface area contributed by atoms with E-state index in [2.05, 4.69) is 16.5 Å². The Kier molecular flexibility index (Phi) is 3.90. The molecule has 0 aromatic carbocycles. The zero-order valence-corrected chi connectivity index (χ0v) is 11.7. The Balaban J connectivity index is 2.47. The molecule has 0 aliphatic heterocycles. The molecule has 2 rings (SSSR count). The zero-order valence-electron chi connectivity index (χ0n) is 10.9. The molecule has 6 heteroatoms. The van der Waals surface area contributed by atoms with Crippen LogP contribution >= 0.6 is 11.8 Å². The van der Waals surface area contributed by atoms with Gasteiger partial charge in [-0.05, 0) is 25.5 Å². The fraction of sp³-hybridized carbons (Fsp3) is 0.308. The summed E-state index contributed by atoms with van der Waals surface area (Å²) < 4.78 is 1.91. The van der Waals surface area contributed by atoms with E-state index in [0.29, 0.717) is 11.7 Å². The van der Waals surface area contributed by atoms with Crippen LogP contribution in [0, 0.1) is 6.92 Å². The first kappa shape index (κ1) is 13.6. The highest BCUT2D eigenvalue weighted by Crippen LogP contribution is 2.24. The number of carboxylic acids is 1. The van der Waals surface area contributed by atoms with Crippen molar-refractivity contribution in [3.8, 4) is 0 Å². The predicted molar refractivity (Wildman–Crippen MR) is 75.4 cm³/mol. The standard InChI is InChI=1S/C13H15N3O2S/c1-8(2)6-16-12-10(4-9(3)5-14-12)15-13(16)19-7-11(17)18/h4-5H,1,6-7H2,2-3H3,(H,17,18). The summed E-state index contributed by atoms with van der Waals surface area (Å²) in [6, 6.07) is 1.95. The second-order valence-electron chi connectivity index (χ2n) is 4.48. The zero-order chi connectivity index (χ0) is 14.0. The van der Waals surface area contributed by atoms with Crippen LogP contribution in [0.2, 0.25) is 0 Å². The fourth-order valence-corrected chi connectivity index (χ4v) is 2.46. The number of imidazole rings is 1. The number of aryl methyl sites for hydroxylation is 1. The van der Waals surface area contributed by atoms with E-state index >= 15 is 0 Å². The fourth-order valence-electron chi connectivity index (χ4n) is 1.74. The van der Waals surface area contributed by atoms with Crippen LogP contribution in [-0.2, 0) is 11.3 Å². The van der Waals surface area contributed by atoms with Crippen LogP contribution in [-0.4, -0.2) is 31.4 Å². The molecule has 0 bridgehead atoms. The molecule has 19 heavy (non-hydrogen) atoms. The lowest BCUT2D eigenvalue weighted by molar-refractivity contribution is -0.133. The van der Waals surface area contributed by atoms with Gasteiger partial charge in [-0.3, -0.25) is 9.36 Å². The first-order valence-electron chi connectivity index (χ1n) is 5.79. The third-order valence-electron chi connectivity index (χ3n) is 2.44. The van der Waals surface area contributed by atoms with Crippen molar-refractivity contribution in [2.45, 2.75) is 25.5 Å². The van der Waals surface area contributed by atoms with Crippen LogP contribution in [0.1, 0.15) is 12.5 Å². The first-order chi connectivity index (χ1) is 8.97. The molecule has 0 aliphatic carbocycles. The highest BCUT2D eigenvalue weighted by molar-refractivity contribution is 7.99. The minimum Gasteiger partial charge on any atom is -0.481 e. The van der Waals surface area contributed by atoms with Gasteiger partial charge in [0.2, 0.25) is 0 Å². The molecule has 0 spiro atoms. The van der Waals surface area contributed by atoms with Crippen LogP contribution in [0.25, 0.3) is 11.2 Å². The van der Waals surface area contributed by atoms with Crippen molar-refractivity contribution in [3.05, 3.63) is 30.0 Å². The number of allylic oxidation sites excluding steroid dienone is 1. The van der Waals surface area contributed by atoms with Gasteiger partial charge in [0.05, 0.1) is 5.75 Å². The Morgan fingerprint density at radius 2 is 2.32 bits per heavy atom. The van der Waals surface area contributed by atoms with Crippen LogP contribution in [0.15, 0.2) is 29.6 Å². The molecule has 100 valence electrons. The molecule has 0 unspecified atom stereocenters. The van der Waals surface area contributed by atoms with Crippen LogP contribution < -0.4 is 0 Å². The summed E-state index contributed by atoms with van der Waals surface area (Å²) in [5.74, 6) is -0.874. The monoisotopic (exact) mass is 277 g/mol. The molecule has 2 aromatic rings. The molecule has 0 atom stereocenters. The number of pyridine rings is 1. The first-order valence-corrected chi connectivity index (χ1v) is 6.78. The lowest BCUT2D eigenvalue weighted by Crippen LogP contribution is -2.04. The lowest BCUT2D eigenvalue weighted by atomic mass is 10.3. The van der Waals surface area contributed by atoms with Gasteiger partial charge in [-0.1, -0.05) is 23.9 Å². The predicted octanol–water partition coefficient (Wildman–Crippen LogP) is 2.49. The Hall–Kier alpha value is -1.82. The minimum absolute atomic E-state index is 0.0154. The second-order valence-corrected chi connectivity index (χ2v) is 5.42. The van der Waals surface area contributed by atoms with E-state index in [1.54, 1.807) is 6.20 Å². The summed E-state index contributed by atoms with van der Waals surface area (Å²) in [4.78, 5) is 19.5. The second kappa shape index (κ2) is 5.44. The van der Waals surface area contributed by atoms with Crippen molar-refractivity contribution in [1.29, 1.82) is 0 Å². The number of hydrogen-bond donors (Lipinski definition) is 1. The van der Waals surface area contributed by atoms with Gasteiger partial charge >= 0.3 is 5.97 Å². The molecular weight excluding hydrogens is 262 g/mol. The van der Waals surface area contributed by atoms with Gasteiger partial charge < -0.3 is 5.11 Å². The SMILES string of the molecule is C=C(C)Cn1c(SCC(=O)O)nc2cc(C)cnc21. The molecule has 1 N–H and O–H groups in total. The summed E-state index contributed by atoms with van der Waals surface area (Å²) in [5.41, 5.74) is 3.55. The molecule has 0 amide bonds. The molecular formula is C13H15N3O2S. The minimum atomic E-state index is -0.858. The van der Waals surface area contributed by atoms with Crippen molar-refractivity contribution in [2.24, 2.45) is 0 Å². The smallest absolute Gasteiger partial charge is 0.313 e. The number of rotatable bonds is 5. The molecule has 2 heterocycles. The van der Waals surface area contributed by atoms with Crippen molar-refractivity contribution < 1.29 is 9.90 Å². The largest absolute Gasteiger partial charge is 0.481 e. The maximum atomic E-state index is 10.7. The molecule has 2 aromatic heterocycles. The van der Waals surface area contributed by atoms with E-state index < -0.39 is 5.97 Å². The van der Waals surface area contributed by atoms with E-state index in [9.17, 15) is 4.79 Å². The molecule has 0 saturated heterocycles. The number of carboxylic acid groups (broad SMARTS) is 1. The Labute approximate surface area is 115 Å². The van der Waals surface area contributed by atoms with Gasteiger partial charge in [0, 0.05) is 12.7 Å². The number of carbonyl (C=O) groups is 1. The maximum Gasteiger partial charge on any atom is 0.313 e. The van der Waals surface area contributed by atoms with Gasteiger partial charge in [0.1, 0.15) is 5.52 Å². The van der Waals surface area contributed by atoms with Crippen molar-refractivity contribution in [1.82, 2.24) is 14.5 Å². The maximum absolute atomic E-state index is 10.7. The average Bonchev–Trinajstić information content (AvgIpc) is 2.63. The number of aliphatic carboxylic acids is 1. The van der Waals surface area contributed by atoms with Gasteiger partial charge in [0.15, 0.2) is 10.8 Å². The van der Waals surface area contributed by atoms with E-state index in [1.165, 1.54) is 11.8 Å². The number of fused-ring (bicyclic) bond motifs is 1. The van der Waals surface area contributed by atoms with Gasteiger partial charge in [0.25, 0.3) is 0 Å². The highest BCUT2D eigenvalue weighted by Gasteiger charge is 2.13. The lowest BCUT2D eigenvalue weighted by Gasteiger charge is -2.06. The normalized spacial score (nSPS) is 10.8. The summed E-state index contributed by atoms with van der Waals surface area (Å²) >= 11 is 1.20. The van der Waals surface area contributed by atoms with Gasteiger partial charge in [-0.2, -0.15) is 0 Å². The average molecular weight is 277 g/mol. The summed E-state index contributed by atoms with van der Waals surface area (Å²) in [5, 5.41) is 9.44. The van der Waals surface area contributed by atoms with Crippen LogP contribution in [0.5, 0.6) is 0 Å². The third kappa shape index (κ3) is 3.14. The Bertz CT molecular complexity index is 649. The molecule has 5 nitrogen and oxygen atoms in total. The highest BCUT2D eigenvalue weighted by atomic mass is 32.2. The summed E-state index contributed by atoms with van der Waals surface area (Å²) in [6.45, 7) is 8.36. The topological polar surface area (TPSA) is 68.0 Å². The van der Waals surface area contributed by atoms with E-state index in [-0.39, 0.29) is 5.75 Å². The van der Waals surface area contributed by atoms with Crippen LogP contribution in [0.4, 0.5) is 0 Å². The molecule has 0 radical (unpaired) electrons. The van der Waals surface area contributed by atoms with Gasteiger partial charge in [-0.15, -0.1) is 0 Å².